The van der Waals surface area contributed by atoms with Gasteiger partial charge in [0.05, 0.1) is 13.5 Å². The van der Waals surface area contributed by atoms with E-state index in [0.29, 0.717) is 26.1 Å². The van der Waals surface area contributed by atoms with Gasteiger partial charge in [0.15, 0.2) is 0 Å². The molecule has 0 unspecified atom stereocenters. The Balaban J connectivity index is 1.62. The summed E-state index contributed by atoms with van der Waals surface area (Å²) in [5.41, 5.74) is 4.02. The molecule has 3 aromatic rings. The lowest BCUT2D eigenvalue weighted by Crippen LogP contribution is -2.59. The Hall–Kier alpha value is -3.67. The number of ether oxygens (including phenoxy) is 1. The number of carbonyl (C=O) groups is 2. The smallest absolute Gasteiger partial charge is 0.245 e. The van der Waals surface area contributed by atoms with Crippen LogP contribution >= 0.6 is 0 Å². The predicted octanol–water partition coefficient (Wildman–Crippen LogP) is 3.60. The molecule has 0 N–H and O–H groups in total. The molecule has 2 aromatic carbocycles. The first kappa shape index (κ1) is 22.5. The number of pyridine rings is 1. The lowest BCUT2D eigenvalue weighted by Gasteiger charge is -2.40. The molecule has 0 aliphatic carbocycles. The summed E-state index contributed by atoms with van der Waals surface area (Å²) in [6.07, 6.45) is 4.23. The molecule has 1 fully saturated rings. The van der Waals surface area contributed by atoms with Gasteiger partial charge in [-0.3, -0.25) is 14.6 Å². The van der Waals surface area contributed by atoms with Crippen LogP contribution in [0.1, 0.15) is 18.1 Å². The third-order valence-electron chi connectivity index (χ3n) is 6.20. The fourth-order valence-electron chi connectivity index (χ4n) is 4.43. The summed E-state index contributed by atoms with van der Waals surface area (Å²) >= 11 is 0. The maximum absolute atomic E-state index is 13.4. The fourth-order valence-corrected chi connectivity index (χ4v) is 4.43. The van der Waals surface area contributed by atoms with Crippen LogP contribution in [-0.2, 0) is 22.4 Å². The van der Waals surface area contributed by atoms with Crippen molar-refractivity contribution in [3.05, 3.63) is 84.2 Å². The second kappa shape index (κ2) is 10.3. The van der Waals surface area contributed by atoms with E-state index in [9.17, 15) is 9.59 Å². The van der Waals surface area contributed by atoms with Crippen molar-refractivity contribution in [3.8, 4) is 16.9 Å². The van der Waals surface area contributed by atoms with Crippen LogP contribution < -0.4 is 4.74 Å². The van der Waals surface area contributed by atoms with Crippen LogP contribution in [0.4, 0.5) is 0 Å². The summed E-state index contributed by atoms with van der Waals surface area (Å²) < 4.78 is 5.29. The van der Waals surface area contributed by atoms with Crippen LogP contribution in [0.15, 0.2) is 73.1 Å². The van der Waals surface area contributed by atoms with Gasteiger partial charge in [-0.05, 0) is 53.4 Å². The fraction of sp³-hybridized carbons (Fsp3) is 0.296. The number of nitrogens with zero attached hydrogens (tertiary/aromatic N) is 3. The zero-order chi connectivity index (χ0) is 23.2. The number of piperazine rings is 1. The van der Waals surface area contributed by atoms with E-state index < -0.39 is 6.04 Å². The van der Waals surface area contributed by atoms with Crippen molar-refractivity contribution in [1.82, 2.24) is 14.8 Å². The van der Waals surface area contributed by atoms with Gasteiger partial charge in [-0.2, -0.15) is 0 Å². The van der Waals surface area contributed by atoms with Gasteiger partial charge in [0.2, 0.25) is 11.8 Å². The second-order valence-corrected chi connectivity index (χ2v) is 8.15. The van der Waals surface area contributed by atoms with Gasteiger partial charge < -0.3 is 14.5 Å². The molecule has 1 atom stereocenters. The Labute approximate surface area is 194 Å². The topological polar surface area (TPSA) is 62.7 Å². The van der Waals surface area contributed by atoms with E-state index in [1.807, 2.05) is 66.4 Å². The highest BCUT2D eigenvalue weighted by Crippen LogP contribution is 2.27. The Morgan fingerprint density at radius 3 is 2.61 bits per heavy atom. The number of hydrogen-bond acceptors (Lipinski definition) is 4. The zero-order valence-electron chi connectivity index (χ0n) is 19.1. The van der Waals surface area contributed by atoms with Gasteiger partial charge in [-0.15, -0.1) is 0 Å². The SMILES string of the molecule is CCN1CCN(C(=O)Cc2cccc(OC)c2)[C@@H](Cc2ccccc2-c2ccncc2)C1=O. The van der Waals surface area contributed by atoms with Gasteiger partial charge in [-0.1, -0.05) is 36.4 Å². The molecule has 4 rings (SSSR count). The molecule has 1 saturated heterocycles. The normalized spacial score (nSPS) is 16.1. The molecule has 2 amide bonds. The van der Waals surface area contributed by atoms with Crippen LogP contribution in [0.5, 0.6) is 5.75 Å². The van der Waals surface area contributed by atoms with E-state index >= 15 is 0 Å². The summed E-state index contributed by atoms with van der Waals surface area (Å²) in [6.45, 7) is 3.71. The average molecular weight is 444 g/mol. The number of benzene rings is 2. The molecule has 33 heavy (non-hydrogen) atoms. The second-order valence-electron chi connectivity index (χ2n) is 8.15. The van der Waals surface area contributed by atoms with Crippen molar-refractivity contribution < 1.29 is 14.3 Å². The molecule has 0 radical (unpaired) electrons. The number of hydrogen-bond donors (Lipinski definition) is 0. The monoisotopic (exact) mass is 443 g/mol. The lowest BCUT2D eigenvalue weighted by atomic mass is 9.93. The highest BCUT2D eigenvalue weighted by atomic mass is 16.5. The third-order valence-corrected chi connectivity index (χ3v) is 6.20. The van der Waals surface area contributed by atoms with Crippen molar-refractivity contribution in [1.29, 1.82) is 0 Å². The molecule has 6 heteroatoms. The predicted molar refractivity (Wildman–Crippen MR) is 128 cm³/mol. The van der Waals surface area contributed by atoms with Crippen LogP contribution in [0.3, 0.4) is 0 Å². The van der Waals surface area contributed by atoms with Crippen molar-refractivity contribution in [2.75, 3.05) is 26.7 Å². The van der Waals surface area contributed by atoms with Crippen molar-refractivity contribution in [3.63, 3.8) is 0 Å². The Morgan fingerprint density at radius 1 is 1.06 bits per heavy atom. The summed E-state index contributed by atoms with van der Waals surface area (Å²) in [6, 6.07) is 19.0. The van der Waals surface area contributed by atoms with E-state index in [1.165, 1.54) is 0 Å². The minimum Gasteiger partial charge on any atom is -0.497 e. The molecule has 1 aliphatic heterocycles. The summed E-state index contributed by atoms with van der Waals surface area (Å²) in [7, 11) is 1.61. The molecule has 1 aliphatic rings. The molecular weight excluding hydrogens is 414 g/mol. The quantitative estimate of drug-likeness (QED) is 0.560. The Morgan fingerprint density at radius 2 is 1.85 bits per heavy atom. The number of carbonyl (C=O) groups excluding carboxylic acids is 2. The summed E-state index contributed by atoms with van der Waals surface area (Å²) in [5.74, 6) is 0.682. The van der Waals surface area contributed by atoms with E-state index in [4.69, 9.17) is 4.74 Å². The van der Waals surface area contributed by atoms with Gasteiger partial charge in [0.25, 0.3) is 0 Å². The van der Waals surface area contributed by atoms with Gasteiger partial charge >= 0.3 is 0 Å². The summed E-state index contributed by atoms with van der Waals surface area (Å²) in [4.78, 5) is 34.5. The molecule has 6 nitrogen and oxygen atoms in total. The molecule has 0 bridgehead atoms. The van der Waals surface area contributed by atoms with E-state index in [2.05, 4.69) is 11.1 Å². The van der Waals surface area contributed by atoms with Gasteiger partial charge in [-0.25, -0.2) is 0 Å². The van der Waals surface area contributed by atoms with Crippen LogP contribution in [0, 0.1) is 0 Å². The van der Waals surface area contributed by atoms with Gasteiger partial charge in [0.1, 0.15) is 11.8 Å². The van der Waals surface area contributed by atoms with Gasteiger partial charge in [0, 0.05) is 38.4 Å². The van der Waals surface area contributed by atoms with Crippen molar-refractivity contribution >= 4 is 11.8 Å². The molecule has 170 valence electrons. The molecular formula is C27H29N3O3. The van der Waals surface area contributed by atoms with E-state index in [0.717, 1.165) is 28.0 Å². The minimum absolute atomic E-state index is 0.00673. The molecule has 2 heterocycles. The van der Waals surface area contributed by atoms with Crippen molar-refractivity contribution in [2.45, 2.75) is 25.8 Å². The molecule has 0 saturated carbocycles. The Bertz CT molecular complexity index is 1120. The average Bonchev–Trinajstić information content (AvgIpc) is 2.86. The maximum Gasteiger partial charge on any atom is 0.245 e. The first-order valence-electron chi connectivity index (χ1n) is 11.3. The Kier molecular flexibility index (Phi) is 7.03. The number of aromatic nitrogens is 1. The highest BCUT2D eigenvalue weighted by Gasteiger charge is 2.37. The largest absolute Gasteiger partial charge is 0.497 e. The third kappa shape index (κ3) is 5.06. The van der Waals surface area contributed by atoms with Crippen LogP contribution in [0.25, 0.3) is 11.1 Å². The van der Waals surface area contributed by atoms with Crippen LogP contribution in [-0.4, -0.2) is 59.4 Å². The maximum atomic E-state index is 13.4. The molecule has 1 aromatic heterocycles. The first-order chi connectivity index (χ1) is 16.1. The standard InChI is InChI=1S/C27H29N3O3/c1-3-29-15-16-30(26(31)18-20-7-6-9-23(17-20)33-2)25(27(29)32)19-22-8-4-5-10-24(22)21-11-13-28-14-12-21/h4-14,17,25H,3,15-16,18-19H2,1-2H3/t25-/m0/s1. The van der Waals surface area contributed by atoms with E-state index in [1.54, 1.807) is 24.4 Å². The molecule has 0 spiro atoms. The van der Waals surface area contributed by atoms with Crippen molar-refractivity contribution in [2.24, 2.45) is 0 Å². The number of amides is 2. The number of methoxy groups -OCH3 is 1. The van der Waals surface area contributed by atoms with Crippen LogP contribution in [0.2, 0.25) is 0 Å². The number of rotatable bonds is 7. The van der Waals surface area contributed by atoms with E-state index in [-0.39, 0.29) is 18.2 Å². The minimum atomic E-state index is -0.528. The highest BCUT2D eigenvalue weighted by molar-refractivity contribution is 5.90. The number of likely N-dealkylation sites (N-methyl/N-ethyl adjacent to an activating group) is 1. The summed E-state index contributed by atoms with van der Waals surface area (Å²) in [5, 5.41) is 0. The lowest BCUT2D eigenvalue weighted by molar-refractivity contribution is -0.150. The first-order valence-corrected chi connectivity index (χ1v) is 11.3. The zero-order valence-corrected chi connectivity index (χ0v) is 19.1.